The van der Waals surface area contributed by atoms with E-state index in [0.29, 0.717) is 25.4 Å². The standard InChI is InChI=1S/C22H25N3O4S/c1-3-28-18-8-9-19-20(14-18)30-22(23-19)25-12-10-24(11-13-25)21(26)15-29-17-6-4-16(27-2)5-7-17/h4-9,14H,3,10-13,15H2,1-2H3. The lowest BCUT2D eigenvalue weighted by Crippen LogP contribution is -2.50. The van der Waals surface area contributed by atoms with Gasteiger partial charge in [-0.1, -0.05) is 11.3 Å². The SMILES string of the molecule is CCOc1ccc2nc(N3CCN(C(=O)COc4ccc(OC)cc4)CC3)sc2c1. The lowest BCUT2D eigenvalue weighted by atomic mass is 10.3. The van der Waals surface area contributed by atoms with Crippen LogP contribution in [0.15, 0.2) is 42.5 Å². The number of carbonyl (C=O) groups excluding carboxylic acids is 1. The van der Waals surface area contributed by atoms with Gasteiger partial charge in [0.1, 0.15) is 17.2 Å². The number of nitrogens with zero attached hydrogens (tertiary/aromatic N) is 3. The highest BCUT2D eigenvalue weighted by Gasteiger charge is 2.23. The maximum Gasteiger partial charge on any atom is 0.260 e. The zero-order valence-corrected chi connectivity index (χ0v) is 18.0. The molecule has 1 aromatic heterocycles. The molecule has 2 heterocycles. The number of rotatable bonds is 7. The molecular formula is C22H25N3O4S. The Morgan fingerprint density at radius 3 is 2.40 bits per heavy atom. The van der Waals surface area contributed by atoms with Gasteiger partial charge in [-0.15, -0.1) is 0 Å². The minimum Gasteiger partial charge on any atom is -0.497 e. The zero-order chi connectivity index (χ0) is 20.9. The number of benzene rings is 2. The highest BCUT2D eigenvalue weighted by atomic mass is 32.1. The summed E-state index contributed by atoms with van der Waals surface area (Å²) in [6.07, 6.45) is 0. The number of thiazole rings is 1. The van der Waals surface area contributed by atoms with Crippen molar-refractivity contribution in [3.05, 3.63) is 42.5 Å². The summed E-state index contributed by atoms with van der Waals surface area (Å²) in [7, 11) is 1.62. The highest BCUT2D eigenvalue weighted by Crippen LogP contribution is 2.32. The van der Waals surface area contributed by atoms with Gasteiger partial charge in [0.2, 0.25) is 0 Å². The van der Waals surface area contributed by atoms with Crippen molar-refractivity contribution in [3.8, 4) is 17.2 Å². The van der Waals surface area contributed by atoms with Gasteiger partial charge in [-0.2, -0.15) is 0 Å². The van der Waals surface area contributed by atoms with Gasteiger partial charge in [0.15, 0.2) is 11.7 Å². The summed E-state index contributed by atoms with van der Waals surface area (Å²) >= 11 is 1.66. The molecule has 3 aromatic rings. The first-order valence-electron chi connectivity index (χ1n) is 9.99. The lowest BCUT2D eigenvalue weighted by Gasteiger charge is -2.34. The molecule has 7 nitrogen and oxygen atoms in total. The summed E-state index contributed by atoms with van der Waals surface area (Å²) in [5, 5.41) is 0.986. The van der Waals surface area contributed by atoms with Crippen LogP contribution in [0.1, 0.15) is 6.92 Å². The first-order chi connectivity index (χ1) is 14.7. The van der Waals surface area contributed by atoms with Crippen LogP contribution in [-0.4, -0.2) is 62.3 Å². The molecule has 1 amide bonds. The molecule has 1 saturated heterocycles. The molecule has 8 heteroatoms. The van der Waals surface area contributed by atoms with Gasteiger partial charge in [-0.05, 0) is 49.4 Å². The molecule has 0 saturated carbocycles. The van der Waals surface area contributed by atoms with Gasteiger partial charge >= 0.3 is 0 Å². The Hall–Kier alpha value is -3.00. The second kappa shape index (κ2) is 9.21. The van der Waals surface area contributed by atoms with Gasteiger partial charge in [0, 0.05) is 26.2 Å². The Labute approximate surface area is 179 Å². The molecule has 158 valence electrons. The van der Waals surface area contributed by atoms with Gasteiger partial charge in [-0.3, -0.25) is 4.79 Å². The van der Waals surface area contributed by atoms with Crippen LogP contribution >= 0.6 is 11.3 Å². The molecule has 0 N–H and O–H groups in total. The van der Waals surface area contributed by atoms with Crippen LogP contribution in [0.4, 0.5) is 5.13 Å². The predicted octanol–water partition coefficient (Wildman–Crippen LogP) is 3.43. The number of aromatic nitrogens is 1. The molecule has 30 heavy (non-hydrogen) atoms. The van der Waals surface area contributed by atoms with Crippen molar-refractivity contribution < 1.29 is 19.0 Å². The van der Waals surface area contributed by atoms with Crippen LogP contribution in [-0.2, 0) is 4.79 Å². The number of hydrogen-bond acceptors (Lipinski definition) is 7. The largest absolute Gasteiger partial charge is 0.497 e. The van der Waals surface area contributed by atoms with E-state index in [-0.39, 0.29) is 12.5 Å². The van der Waals surface area contributed by atoms with Crippen molar-refractivity contribution in [1.29, 1.82) is 0 Å². The summed E-state index contributed by atoms with van der Waals surface area (Å²) in [6, 6.07) is 13.2. The van der Waals surface area contributed by atoms with Crippen molar-refractivity contribution in [2.75, 3.05) is 51.4 Å². The number of amides is 1. The van der Waals surface area contributed by atoms with Crippen LogP contribution in [0.2, 0.25) is 0 Å². The van der Waals surface area contributed by atoms with Crippen molar-refractivity contribution in [3.63, 3.8) is 0 Å². The van der Waals surface area contributed by atoms with Crippen LogP contribution in [0.3, 0.4) is 0 Å². The van der Waals surface area contributed by atoms with E-state index in [1.807, 2.05) is 42.2 Å². The fourth-order valence-corrected chi connectivity index (χ4v) is 4.39. The van der Waals surface area contributed by atoms with Crippen LogP contribution in [0.5, 0.6) is 17.2 Å². The Balaban J connectivity index is 1.30. The van der Waals surface area contributed by atoms with E-state index in [1.165, 1.54) is 0 Å². The van der Waals surface area contributed by atoms with E-state index in [1.54, 1.807) is 30.6 Å². The summed E-state index contributed by atoms with van der Waals surface area (Å²) in [5.74, 6) is 2.28. The number of piperazine rings is 1. The molecule has 1 fully saturated rings. The van der Waals surface area contributed by atoms with E-state index in [9.17, 15) is 4.79 Å². The number of methoxy groups -OCH3 is 1. The molecule has 2 aromatic carbocycles. The summed E-state index contributed by atoms with van der Waals surface area (Å²) in [6.45, 7) is 5.49. The number of anilines is 1. The average molecular weight is 428 g/mol. The molecule has 0 spiro atoms. The third-order valence-corrected chi connectivity index (χ3v) is 6.06. The molecule has 0 atom stereocenters. The second-order valence-corrected chi connectivity index (χ2v) is 7.90. The average Bonchev–Trinajstić information content (AvgIpc) is 3.21. The maximum atomic E-state index is 12.5. The molecule has 1 aliphatic rings. The predicted molar refractivity (Wildman–Crippen MR) is 118 cm³/mol. The summed E-state index contributed by atoms with van der Waals surface area (Å²) < 4.78 is 17.4. The molecule has 4 rings (SSSR count). The quantitative estimate of drug-likeness (QED) is 0.576. The van der Waals surface area contributed by atoms with E-state index >= 15 is 0 Å². The third-order valence-electron chi connectivity index (χ3n) is 4.98. The monoisotopic (exact) mass is 427 g/mol. The molecule has 0 radical (unpaired) electrons. The fourth-order valence-electron chi connectivity index (χ4n) is 3.34. The van der Waals surface area contributed by atoms with Crippen molar-refractivity contribution >= 4 is 32.6 Å². The van der Waals surface area contributed by atoms with Gasteiger partial charge in [-0.25, -0.2) is 4.98 Å². The molecule has 1 aliphatic heterocycles. The first-order valence-corrected chi connectivity index (χ1v) is 10.8. The Kier molecular flexibility index (Phi) is 6.23. The Morgan fingerprint density at radius 1 is 1.00 bits per heavy atom. The minimum absolute atomic E-state index is 0.00359. The second-order valence-electron chi connectivity index (χ2n) is 6.89. The third kappa shape index (κ3) is 4.59. The Bertz CT molecular complexity index is 997. The van der Waals surface area contributed by atoms with Crippen molar-refractivity contribution in [1.82, 2.24) is 9.88 Å². The van der Waals surface area contributed by atoms with Crippen LogP contribution in [0.25, 0.3) is 10.2 Å². The van der Waals surface area contributed by atoms with E-state index in [2.05, 4.69) is 4.90 Å². The lowest BCUT2D eigenvalue weighted by molar-refractivity contribution is -0.133. The Morgan fingerprint density at radius 2 is 1.70 bits per heavy atom. The van der Waals surface area contributed by atoms with Crippen molar-refractivity contribution in [2.24, 2.45) is 0 Å². The maximum absolute atomic E-state index is 12.5. The first kappa shape index (κ1) is 20.3. The number of ether oxygens (including phenoxy) is 3. The van der Waals surface area contributed by atoms with Gasteiger partial charge in [0.25, 0.3) is 5.91 Å². The number of carbonyl (C=O) groups is 1. The topological polar surface area (TPSA) is 64.1 Å². The summed E-state index contributed by atoms with van der Waals surface area (Å²) in [5.41, 5.74) is 0.977. The van der Waals surface area contributed by atoms with Crippen molar-refractivity contribution in [2.45, 2.75) is 6.92 Å². The minimum atomic E-state index is -0.00359. The van der Waals surface area contributed by atoms with E-state index < -0.39 is 0 Å². The highest BCUT2D eigenvalue weighted by molar-refractivity contribution is 7.22. The molecule has 0 unspecified atom stereocenters. The fraction of sp³-hybridized carbons (Fsp3) is 0.364. The zero-order valence-electron chi connectivity index (χ0n) is 17.2. The van der Waals surface area contributed by atoms with E-state index in [4.69, 9.17) is 19.2 Å². The smallest absolute Gasteiger partial charge is 0.260 e. The van der Waals surface area contributed by atoms with Crippen LogP contribution < -0.4 is 19.1 Å². The normalized spacial score (nSPS) is 14.1. The number of fused-ring (bicyclic) bond motifs is 1. The van der Waals surface area contributed by atoms with Gasteiger partial charge < -0.3 is 24.0 Å². The molecule has 0 aliphatic carbocycles. The molecular weight excluding hydrogens is 402 g/mol. The molecule has 0 bridgehead atoms. The van der Waals surface area contributed by atoms with Gasteiger partial charge in [0.05, 0.1) is 23.9 Å². The van der Waals surface area contributed by atoms with Crippen LogP contribution in [0, 0.1) is 0 Å². The summed E-state index contributed by atoms with van der Waals surface area (Å²) in [4.78, 5) is 21.3. The van der Waals surface area contributed by atoms with E-state index in [0.717, 1.165) is 39.9 Å². The number of hydrogen-bond donors (Lipinski definition) is 0.